The van der Waals surface area contributed by atoms with E-state index >= 15 is 0 Å². The van der Waals surface area contributed by atoms with Gasteiger partial charge in [-0.15, -0.1) is 5.54 Å². The molecule has 1 N–H and O–H groups in total. The summed E-state index contributed by atoms with van der Waals surface area (Å²) in [6.07, 6.45) is 0. The highest BCUT2D eigenvalue weighted by Crippen LogP contribution is 2.41. The number of rotatable bonds is 6. The van der Waals surface area contributed by atoms with Crippen LogP contribution in [0.3, 0.4) is 0 Å². The lowest BCUT2D eigenvalue weighted by molar-refractivity contribution is 0.0512. The molecule has 0 amide bonds. The minimum absolute atomic E-state index is 0.0763. The molecule has 28 heavy (non-hydrogen) atoms. The van der Waals surface area contributed by atoms with Gasteiger partial charge in [-0.1, -0.05) is 47.5 Å². The maximum absolute atomic E-state index is 13.8. The first-order valence-corrected chi connectivity index (χ1v) is 11.9. The molecule has 1 aromatic carbocycles. The fraction of sp³-hybridized carbons (Fsp3) is 0.500. The van der Waals surface area contributed by atoms with E-state index in [1.54, 1.807) is 12.1 Å². The molecule has 152 valence electrons. The van der Waals surface area contributed by atoms with Crippen molar-refractivity contribution in [3.63, 3.8) is 0 Å². The van der Waals surface area contributed by atoms with E-state index < -0.39 is 19.5 Å². The normalized spacial score (nSPS) is 12.0. The molecule has 0 unspecified atom stereocenters. The molecule has 0 saturated carbocycles. The zero-order valence-electron chi connectivity index (χ0n) is 17.8. The number of benzene rings is 1. The van der Waals surface area contributed by atoms with Crippen molar-refractivity contribution in [2.45, 2.75) is 58.2 Å². The highest BCUT2D eigenvalue weighted by molar-refractivity contribution is 6.90. The summed E-state index contributed by atoms with van der Waals surface area (Å²) >= 11 is 0. The van der Waals surface area contributed by atoms with Crippen LogP contribution in [-0.2, 0) is 4.74 Å². The van der Waals surface area contributed by atoms with Crippen LogP contribution in [0.2, 0.25) is 16.6 Å². The van der Waals surface area contributed by atoms with Crippen LogP contribution in [0.15, 0.2) is 23.0 Å². The second-order valence-electron chi connectivity index (χ2n) is 8.08. The van der Waals surface area contributed by atoms with E-state index in [0.717, 1.165) is 0 Å². The van der Waals surface area contributed by atoms with Gasteiger partial charge in [0.1, 0.15) is 13.8 Å². The molecule has 0 fully saturated rings. The summed E-state index contributed by atoms with van der Waals surface area (Å²) in [4.78, 5) is 14.5. The second kappa shape index (κ2) is 8.93. The third-order valence-electron chi connectivity index (χ3n) is 5.50. The Morgan fingerprint density at radius 1 is 1.07 bits per heavy atom. The van der Waals surface area contributed by atoms with Crippen LogP contribution in [0, 0.1) is 17.3 Å². The third kappa shape index (κ3) is 4.31. The minimum atomic E-state index is -1.96. The van der Waals surface area contributed by atoms with Crippen LogP contribution >= 0.6 is 0 Å². The first kappa shape index (κ1) is 22.2. The number of halogens is 1. The maximum atomic E-state index is 13.8. The molecule has 0 bridgehead atoms. The number of aromatic amines is 1. The van der Waals surface area contributed by atoms with Gasteiger partial charge in [0, 0.05) is 12.5 Å². The van der Waals surface area contributed by atoms with Gasteiger partial charge in [0.2, 0.25) is 0 Å². The van der Waals surface area contributed by atoms with Gasteiger partial charge >= 0.3 is 0 Å². The fourth-order valence-electron chi connectivity index (χ4n) is 4.18. The molecule has 2 rings (SSSR count). The number of pyridine rings is 1. The molecule has 1 heterocycles. The predicted octanol–water partition coefficient (Wildman–Crippen LogP) is 5.22. The molecular formula is C22H30FNO3Si. The van der Waals surface area contributed by atoms with Crippen molar-refractivity contribution in [2.24, 2.45) is 0 Å². The summed E-state index contributed by atoms with van der Waals surface area (Å²) in [6.45, 7) is 13.5. The summed E-state index contributed by atoms with van der Waals surface area (Å²) in [6, 6.07) is 4.68. The lowest BCUT2D eigenvalue weighted by atomic mass is 10.1. The van der Waals surface area contributed by atoms with Gasteiger partial charge in [-0.2, -0.15) is 0 Å². The lowest BCUT2D eigenvalue weighted by Crippen LogP contribution is -2.43. The number of fused-ring (bicyclic) bond motifs is 1. The Morgan fingerprint density at radius 3 is 2.21 bits per heavy atom. The van der Waals surface area contributed by atoms with Crippen LogP contribution in [0.4, 0.5) is 4.39 Å². The summed E-state index contributed by atoms with van der Waals surface area (Å²) in [7, 11) is -0.423. The van der Waals surface area contributed by atoms with Crippen LogP contribution in [0.1, 0.15) is 47.1 Å². The number of ether oxygens (including phenoxy) is 2. The van der Waals surface area contributed by atoms with E-state index in [2.05, 4.69) is 58.0 Å². The van der Waals surface area contributed by atoms with Crippen LogP contribution < -0.4 is 10.3 Å². The number of aromatic nitrogens is 1. The summed E-state index contributed by atoms with van der Waals surface area (Å²) < 4.78 is 24.3. The highest BCUT2D eigenvalue weighted by atomic mass is 28.3. The van der Waals surface area contributed by atoms with Gasteiger partial charge in [0.05, 0.1) is 11.1 Å². The Morgan fingerprint density at radius 2 is 1.68 bits per heavy atom. The van der Waals surface area contributed by atoms with E-state index in [4.69, 9.17) is 9.47 Å². The Labute approximate surface area is 167 Å². The first-order chi connectivity index (χ1) is 13.1. The number of methoxy groups -OCH3 is 1. The largest absolute Gasteiger partial charge is 0.468 e. The number of hydrogen-bond donors (Lipinski definition) is 1. The lowest BCUT2D eigenvalue weighted by Gasteiger charge is -2.38. The molecule has 1 aromatic heterocycles. The molecule has 4 nitrogen and oxygen atoms in total. The van der Waals surface area contributed by atoms with Crippen molar-refractivity contribution in [1.29, 1.82) is 0 Å². The zero-order chi connectivity index (χ0) is 21.1. The quantitative estimate of drug-likeness (QED) is 0.409. The third-order valence-corrected chi connectivity index (χ3v) is 11.8. The van der Waals surface area contributed by atoms with Crippen molar-refractivity contribution in [1.82, 2.24) is 4.98 Å². The topological polar surface area (TPSA) is 51.3 Å². The molecule has 0 aliphatic rings. The van der Waals surface area contributed by atoms with Gasteiger partial charge < -0.3 is 14.5 Å². The van der Waals surface area contributed by atoms with Crippen molar-refractivity contribution in [3.05, 3.63) is 39.9 Å². The maximum Gasteiger partial charge on any atom is 0.284 e. The van der Waals surface area contributed by atoms with Crippen LogP contribution in [-0.4, -0.2) is 27.0 Å². The molecule has 0 atom stereocenters. The number of hydrogen-bond acceptors (Lipinski definition) is 3. The smallest absolute Gasteiger partial charge is 0.284 e. The Kier molecular flexibility index (Phi) is 7.08. The molecule has 2 aromatic rings. The molecular weight excluding hydrogens is 373 g/mol. The second-order valence-corrected chi connectivity index (χ2v) is 13.7. The Bertz CT molecular complexity index is 932. The summed E-state index contributed by atoms with van der Waals surface area (Å²) in [5.41, 5.74) is 5.51. The van der Waals surface area contributed by atoms with Crippen molar-refractivity contribution in [2.75, 3.05) is 13.9 Å². The average Bonchev–Trinajstić information content (AvgIpc) is 2.60. The predicted molar refractivity (Wildman–Crippen MR) is 115 cm³/mol. The van der Waals surface area contributed by atoms with Gasteiger partial charge in [0.15, 0.2) is 12.6 Å². The first-order valence-electron chi connectivity index (χ1n) is 9.65. The highest BCUT2D eigenvalue weighted by Gasteiger charge is 2.41. The molecule has 0 saturated heterocycles. The van der Waals surface area contributed by atoms with Gasteiger partial charge in [-0.25, -0.2) is 4.39 Å². The van der Waals surface area contributed by atoms with Gasteiger partial charge in [-0.05, 0) is 34.8 Å². The zero-order valence-corrected chi connectivity index (χ0v) is 18.8. The summed E-state index contributed by atoms with van der Waals surface area (Å²) in [5.74, 6) is 3.03. The Hall–Kier alpha value is -2.10. The summed E-state index contributed by atoms with van der Waals surface area (Å²) in [5, 5.41) is 0.543. The molecule has 0 aliphatic carbocycles. The molecule has 0 spiro atoms. The SMILES string of the molecule is COCOc1cc(C#C[Si](C(C)C)(C(C)C)C(C)C)c2[nH]c(=O)c(F)cc2c1. The van der Waals surface area contributed by atoms with Gasteiger partial charge in [-0.3, -0.25) is 4.79 Å². The van der Waals surface area contributed by atoms with Crippen LogP contribution in [0.5, 0.6) is 5.75 Å². The molecule has 0 aliphatic heterocycles. The minimum Gasteiger partial charge on any atom is -0.468 e. The molecule has 0 radical (unpaired) electrons. The van der Waals surface area contributed by atoms with Gasteiger partial charge in [0.25, 0.3) is 5.56 Å². The number of nitrogens with one attached hydrogen (secondary N) is 1. The van der Waals surface area contributed by atoms with Crippen LogP contribution in [0.25, 0.3) is 10.9 Å². The van der Waals surface area contributed by atoms with Crippen molar-refractivity contribution >= 4 is 19.0 Å². The van der Waals surface area contributed by atoms with E-state index in [-0.39, 0.29) is 6.79 Å². The van der Waals surface area contributed by atoms with Crippen molar-refractivity contribution in [3.8, 4) is 17.2 Å². The van der Waals surface area contributed by atoms with E-state index in [1.165, 1.54) is 13.2 Å². The van der Waals surface area contributed by atoms with Crippen molar-refractivity contribution < 1.29 is 13.9 Å². The molecule has 6 heteroatoms. The fourth-order valence-corrected chi connectivity index (χ4v) is 9.40. The Balaban J connectivity index is 2.73. The average molecular weight is 404 g/mol. The van der Waals surface area contributed by atoms with E-state index in [9.17, 15) is 9.18 Å². The van der Waals surface area contributed by atoms with E-state index in [1.807, 2.05) is 0 Å². The standard InChI is InChI=1S/C22H30FNO3Si/c1-14(2)28(15(3)4,16(5)6)9-8-17-10-19(27-13-26-7)11-18-12-20(23)22(25)24-21(17)18/h10-12,14-16H,13H2,1-7H3,(H,24,25). The van der Waals surface area contributed by atoms with E-state index in [0.29, 0.717) is 38.8 Å². The monoisotopic (exact) mass is 403 g/mol. The number of H-pyrrole nitrogens is 1.